The molecule has 0 aromatic carbocycles. The van der Waals surface area contributed by atoms with E-state index in [0.717, 1.165) is 11.4 Å². The topological polar surface area (TPSA) is 63.1 Å². The highest BCUT2D eigenvalue weighted by atomic mass is 16.4. The standard InChI is InChI=1S/C12H18N2O2/c1-7(2)5-10(12(15)16)11-6-13-8(3)9(4)14-11/h6-7,10H,5H2,1-4H3,(H,15,16). The SMILES string of the molecule is Cc1ncc(C(CC(C)C)C(=O)O)nc1C. The van der Waals surface area contributed by atoms with E-state index in [1.54, 1.807) is 6.20 Å². The summed E-state index contributed by atoms with van der Waals surface area (Å²) < 4.78 is 0. The van der Waals surface area contributed by atoms with Gasteiger partial charge in [-0.2, -0.15) is 0 Å². The van der Waals surface area contributed by atoms with Gasteiger partial charge in [0.15, 0.2) is 0 Å². The number of rotatable bonds is 4. The van der Waals surface area contributed by atoms with Crippen molar-refractivity contribution in [2.24, 2.45) is 5.92 Å². The maximum atomic E-state index is 11.2. The molecule has 0 fully saturated rings. The Bertz CT molecular complexity index is 389. The van der Waals surface area contributed by atoms with E-state index in [4.69, 9.17) is 5.11 Å². The van der Waals surface area contributed by atoms with Crippen molar-refractivity contribution in [1.29, 1.82) is 0 Å². The lowest BCUT2D eigenvalue weighted by atomic mass is 9.94. The summed E-state index contributed by atoms with van der Waals surface area (Å²) in [5.41, 5.74) is 2.20. The number of hydrogen-bond acceptors (Lipinski definition) is 3. The van der Waals surface area contributed by atoms with Crippen LogP contribution in [0.5, 0.6) is 0 Å². The number of hydrogen-bond donors (Lipinski definition) is 1. The van der Waals surface area contributed by atoms with Gasteiger partial charge in [0.1, 0.15) is 5.92 Å². The van der Waals surface area contributed by atoms with E-state index < -0.39 is 11.9 Å². The van der Waals surface area contributed by atoms with Gasteiger partial charge in [-0.3, -0.25) is 14.8 Å². The summed E-state index contributed by atoms with van der Waals surface area (Å²) in [5.74, 6) is -1.05. The fourth-order valence-electron chi connectivity index (χ4n) is 1.55. The van der Waals surface area contributed by atoms with Gasteiger partial charge in [0.25, 0.3) is 0 Å². The first-order valence-electron chi connectivity index (χ1n) is 5.44. The number of carbonyl (C=O) groups is 1. The number of aliphatic carboxylic acids is 1. The molecule has 0 aliphatic heterocycles. The zero-order valence-corrected chi connectivity index (χ0v) is 10.2. The highest BCUT2D eigenvalue weighted by molar-refractivity contribution is 5.75. The molecular formula is C12H18N2O2. The minimum absolute atomic E-state index is 0.324. The van der Waals surface area contributed by atoms with Gasteiger partial charge in [0, 0.05) is 6.20 Å². The van der Waals surface area contributed by atoms with Crippen LogP contribution in [0.25, 0.3) is 0 Å². The molecule has 0 bridgehead atoms. The first-order chi connectivity index (χ1) is 7.41. The Kier molecular flexibility index (Phi) is 3.99. The molecule has 1 heterocycles. The minimum atomic E-state index is -0.828. The lowest BCUT2D eigenvalue weighted by Gasteiger charge is -2.14. The third-order valence-corrected chi connectivity index (χ3v) is 2.57. The number of carboxylic acids is 1. The molecule has 0 saturated carbocycles. The molecular weight excluding hydrogens is 204 g/mol. The van der Waals surface area contributed by atoms with Crippen LogP contribution in [0.15, 0.2) is 6.20 Å². The lowest BCUT2D eigenvalue weighted by Crippen LogP contribution is -2.16. The van der Waals surface area contributed by atoms with Gasteiger partial charge >= 0.3 is 5.97 Å². The molecule has 16 heavy (non-hydrogen) atoms. The Morgan fingerprint density at radius 1 is 1.38 bits per heavy atom. The molecule has 4 nitrogen and oxygen atoms in total. The predicted molar refractivity (Wildman–Crippen MR) is 61.3 cm³/mol. The van der Waals surface area contributed by atoms with Gasteiger partial charge in [-0.25, -0.2) is 0 Å². The zero-order valence-electron chi connectivity index (χ0n) is 10.2. The van der Waals surface area contributed by atoms with Crippen molar-refractivity contribution in [3.05, 3.63) is 23.3 Å². The first-order valence-corrected chi connectivity index (χ1v) is 5.44. The highest BCUT2D eigenvalue weighted by Gasteiger charge is 2.23. The summed E-state index contributed by atoms with van der Waals surface area (Å²) in [4.78, 5) is 19.6. The zero-order chi connectivity index (χ0) is 12.3. The lowest BCUT2D eigenvalue weighted by molar-refractivity contribution is -0.139. The molecule has 1 N–H and O–H groups in total. The van der Waals surface area contributed by atoms with Crippen molar-refractivity contribution >= 4 is 5.97 Å². The fraction of sp³-hybridized carbons (Fsp3) is 0.583. The summed E-state index contributed by atoms with van der Waals surface area (Å²) in [6.45, 7) is 7.72. The number of aryl methyl sites for hydroxylation is 2. The van der Waals surface area contributed by atoms with Crippen LogP contribution in [-0.2, 0) is 4.79 Å². The van der Waals surface area contributed by atoms with Crippen LogP contribution in [-0.4, -0.2) is 21.0 Å². The average Bonchev–Trinajstić information content (AvgIpc) is 2.18. The van der Waals surface area contributed by atoms with E-state index in [9.17, 15) is 4.79 Å². The van der Waals surface area contributed by atoms with E-state index >= 15 is 0 Å². The smallest absolute Gasteiger partial charge is 0.312 e. The summed E-state index contributed by atoms with van der Waals surface area (Å²) in [6, 6.07) is 0. The van der Waals surface area contributed by atoms with Gasteiger partial charge in [0.05, 0.1) is 17.1 Å². The van der Waals surface area contributed by atoms with Gasteiger partial charge < -0.3 is 5.11 Å². The monoisotopic (exact) mass is 222 g/mol. The molecule has 0 amide bonds. The van der Waals surface area contributed by atoms with Crippen molar-refractivity contribution in [3.63, 3.8) is 0 Å². The summed E-state index contributed by atoms with van der Waals surface area (Å²) in [5, 5.41) is 9.17. The third-order valence-electron chi connectivity index (χ3n) is 2.57. The molecule has 1 unspecified atom stereocenters. The highest BCUT2D eigenvalue weighted by Crippen LogP contribution is 2.22. The molecule has 1 aromatic rings. The third kappa shape index (κ3) is 3.02. The van der Waals surface area contributed by atoms with Gasteiger partial charge in [-0.1, -0.05) is 13.8 Å². The molecule has 0 aliphatic carbocycles. The van der Waals surface area contributed by atoms with Crippen LogP contribution >= 0.6 is 0 Å². The van der Waals surface area contributed by atoms with Crippen LogP contribution in [0.4, 0.5) is 0 Å². The van der Waals surface area contributed by atoms with E-state index in [2.05, 4.69) is 9.97 Å². The molecule has 0 saturated heterocycles. The van der Waals surface area contributed by atoms with Crippen LogP contribution < -0.4 is 0 Å². The van der Waals surface area contributed by atoms with Crippen molar-refractivity contribution in [3.8, 4) is 0 Å². The quantitative estimate of drug-likeness (QED) is 0.849. The van der Waals surface area contributed by atoms with Gasteiger partial charge in [-0.05, 0) is 26.2 Å². The normalized spacial score (nSPS) is 12.8. The van der Waals surface area contributed by atoms with Crippen LogP contribution in [0.3, 0.4) is 0 Å². The van der Waals surface area contributed by atoms with E-state index in [1.165, 1.54) is 0 Å². The fourth-order valence-corrected chi connectivity index (χ4v) is 1.55. The second-order valence-corrected chi connectivity index (χ2v) is 4.49. The van der Waals surface area contributed by atoms with Crippen LogP contribution in [0, 0.1) is 19.8 Å². The van der Waals surface area contributed by atoms with Crippen molar-refractivity contribution in [1.82, 2.24) is 9.97 Å². The number of aromatic nitrogens is 2. The Balaban J connectivity index is 3.01. The molecule has 1 rings (SSSR count). The summed E-state index contributed by atoms with van der Waals surface area (Å²) >= 11 is 0. The molecule has 88 valence electrons. The van der Waals surface area contributed by atoms with Crippen molar-refractivity contribution < 1.29 is 9.90 Å². The Hall–Kier alpha value is -1.45. The first kappa shape index (κ1) is 12.6. The molecule has 0 radical (unpaired) electrons. The second-order valence-electron chi connectivity index (χ2n) is 4.49. The van der Waals surface area contributed by atoms with Crippen molar-refractivity contribution in [2.45, 2.75) is 40.0 Å². The van der Waals surface area contributed by atoms with Gasteiger partial charge in [0.2, 0.25) is 0 Å². The van der Waals surface area contributed by atoms with Crippen molar-refractivity contribution in [2.75, 3.05) is 0 Å². The van der Waals surface area contributed by atoms with Gasteiger partial charge in [-0.15, -0.1) is 0 Å². The summed E-state index contributed by atoms with van der Waals surface area (Å²) in [7, 11) is 0. The van der Waals surface area contributed by atoms with Crippen LogP contribution in [0.2, 0.25) is 0 Å². The maximum Gasteiger partial charge on any atom is 0.312 e. The molecule has 1 atom stereocenters. The maximum absolute atomic E-state index is 11.2. The minimum Gasteiger partial charge on any atom is -0.481 e. The van der Waals surface area contributed by atoms with Crippen LogP contribution in [0.1, 0.15) is 43.3 Å². The average molecular weight is 222 g/mol. The van der Waals surface area contributed by atoms with E-state index in [1.807, 2.05) is 27.7 Å². The largest absolute Gasteiger partial charge is 0.481 e. The molecule has 0 aliphatic rings. The Labute approximate surface area is 95.7 Å². The molecule has 1 aromatic heterocycles. The van der Waals surface area contributed by atoms with E-state index in [-0.39, 0.29) is 0 Å². The number of carboxylic acid groups (broad SMARTS) is 1. The van der Waals surface area contributed by atoms with E-state index in [0.29, 0.717) is 18.0 Å². The predicted octanol–water partition coefficient (Wildman–Crippen LogP) is 2.31. The molecule has 0 spiro atoms. The second kappa shape index (κ2) is 5.05. The summed E-state index contributed by atoms with van der Waals surface area (Å²) in [6.07, 6.45) is 2.16. The molecule has 4 heteroatoms. The number of nitrogens with zero attached hydrogens (tertiary/aromatic N) is 2. The Morgan fingerprint density at radius 2 is 2.00 bits per heavy atom. The Morgan fingerprint density at radius 3 is 2.44 bits per heavy atom.